The number of carbonyl (C=O) groups is 1. The molecule has 0 unspecified atom stereocenters. The van der Waals surface area contributed by atoms with Crippen molar-refractivity contribution in [2.75, 3.05) is 6.61 Å². The number of esters is 1. The van der Waals surface area contributed by atoms with Crippen molar-refractivity contribution in [1.82, 2.24) is 4.98 Å². The molecule has 2 aromatic rings. The van der Waals surface area contributed by atoms with Crippen LogP contribution in [-0.4, -0.2) is 17.6 Å². The highest BCUT2D eigenvalue weighted by molar-refractivity contribution is 9.10. The molecule has 5 heteroatoms. The van der Waals surface area contributed by atoms with Crippen LogP contribution in [0.15, 0.2) is 27.4 Å². The summed E-state index contributed by atoms with van der Waals surface area (Å²) in [5.74, 6) is -0.397. The van der Waals surface area contributed by atoms with E-state index in [1.807, 2.05) is 0 Å². The maximum atomic E-state index is 11.5. The standard InChI is InChI=1S/C10H8BrNO3/c1-2-14-9(13)6-4-3-5-7-8(6)15-10(11)12-7/h3-5H,2H2,1H3. The maximum Gasteiger partial charge on any atom is 0.342 e. The monoisotopic (exact) mass is 269 g/mol. The van der Waals surface area contributed by atoms with Crippen LogP contribution >= 0.6 is 15.9 Å². The van der Waals surface area contributed by atoms with Gasteiger partial charge in [-0.2, -0.15) is 0 Å². The Bertz CT molecular complexity index is 506. The van der Waals surface area contributed by atoms with Crippen molar-refractivity contribution < 1.29 is 13.9 Å². The van der Waals surface area contributed by atoms with Gasteiger partial charge >= 0.3 is 5.97 Å². The number of rotatable bonds is 2. The minimum atomic E-state index is -0.397. The average Bonchev–Trinajstić information content (AvgIpc) is 2.57. The number of halogens is 1. The van der Waals surface area contributed by atoms with Crippen LogP contribution in [0.1, 0.15) is 17.3 Å². The third kappa shape index (κ3) is 1.87. The summed E-state index contributed by atoms with van der Waals surface area (Å²) in [6.45, 7) is 2.10. The highest BCUT2D eigenvalue weighted by Crippen LogP contribution is 2.23. The minimum Gasteiger partial charge on any atom is -0.462 e. The van der Waals surface area contributed by atoms with E-state index in [9.17, 15) is 4.79 Å². The molecule has 1 heterocycles. The van der Waals surface area contributed by atoms with Crippen LogP contribution in [0.25, 0.3) is 11.1 Å². The first-order valence-electron chi connectivity index (χ1n) is 4.44. The van der Waals surface area contributed by atoms with Gasteiger partial charge in [0.2, 0.25) is 0 Å². The fourth-order valence-electron chi connectivity index (χ4n) is 1.29. The molecule has 0 amide bonds. The van der Waals surface area contributed by atoms with Gasteiger partial charge in [-0.15, -0.1) is 0 Å². The van der Waals surface area contributed by atoms with Gasteiger partial charge in [0, 0.05) is 15.9 Å². The molecule has 1 aromatic heterocycles. The number of benzene rings is 1. The number of para-hydroxylation sites is 1. The molecule has 4 nitrogen and oxygen atoms in total. The first-order valence-corrected chi connectivity index (χ1v) is 5.24. The van der Waals surface area contributed by atoms with Crippen molar-refractivity contribution in [2.24, 2.45) is 0 Å². The van der Waals surface area contributed by atoms with Gasteiger partial charge in [0.25, 0.3) is 4.80 Å². The van der Waals surface area contributed by atoms with Crippen molar-refractivity contribution in [3.05, 3.63) is 28.6 Å². The largest absolute Gasteiger partial charge is 0.462 e. The molecule has 0 saturated heterocycles. The van der Waals surface area contributed by atoms with Gasteiger partial charge < -0.3 is 9.15 Å². The van der Waals surface area contributed by atoms with Gasteiger partial charge in [-0.25, -0.2) is 9.78 Å². The van der Waals surface area contributed by atoms with E-state index in [0.29, 0.717) is 28.1 Å². The molecule has 2 rings (SSSR count). The quantitative estimate of drug-likeness (QED) is 0.787. The van der Waals surface area contributed by atoms with E-state index < -0.39 is 5.97 Å². The van der Waals surface area contributed by atoms with E-state index >= 15 is 0 Å². The Labute approximate surface area is 94.4 Å². The zero-order valence-corrected chi connectivity index (χ0v) is 9.58. The van der Waals surface area contributed by atoms with Gasteiger partial charge in [-0.3, -0.25) is 0 Å². The Morgan fingerprint density at radius 2 is 2.40 bits per heavy atom. The first-order chi connectivity index (χ1) is 7.22. The molecule has 0 spiro atoms. The fourth-order valence-corrected chi connectivity index (χ4v) is 1.64. The molecule has 15 heavy (non-hydrogen) atoms. The van der Waals surface area contributed by atoms with E-state index in [1.165, 1.54) is 0 Å². The van der Waals surface area contributed by atoms with E-state index in [2.05, 4.69) is 20.9 Å². The van der Waals surface area contributed by atoms with Crippen LogP contribution in [0.5, 0.6) is 0 Å². The summed E-state index contributed by atoms with van der Waals surface area (Å²) in [5, 5.41) is 0. The SMILES string of the molecule is CCOC(=O)c1cccc2nc(Br)oc12. The lowest BCUT2D eigenvalue weighted by molar-refractivity contribution is 0.0527. The van der Waals surface area contributed by atoms with Crippen molar-refractivity contribution in [3.63, 3.8) is 0 Å². The predicted octanol–water partition coefficient (Wildman–Crippen LogP) is 2.77. The number of aromatic nitrogens is 1. The van der Waals surface area contributed by atoms with E-state index in [1.54, 1.807) is 25.1 Å². The molecule has 0 N–H and O–H groups in total. The summed E-state index contributed by atoms with van der Waals surface area (Å²) >= 11 is 3.12. The summed E-state index contributed by atoms with van der Waals surface area (Å²) in [5.41, 5.74) is 1.47. The van der Waals surface area contributed by atoms with Crippen LogP contribution in [0.3, 0.4) is 0 Å². The molecule has 0 radical (unpaired) electrons. The molecule has 78 valence electrons. The summed E-state index contributed by atoms with van der Waals surface area (Å²) in [7, 11) is 0. The number of hydrogen-bond donors (Lipinski definition) is 0. The smallest absolute Gasteiger partial charge is 0.342 e. The number of fused-ring (bicyclic) bond motifs is 1. The molecule has 0 aliphatic carbocycles. The van der Waals surface area contributed by atoms with Crippen LogP contribution < -0.4 is 0 Å². The van der Waals surface area contributed by atoms with Gasteiger partial charge in [-0.1, -0.05) is 6.07 Å². The third-order valence-electron chi connectivity index (χ3n) is 1.88. The van der Waals surface area contributed by atoms with Gasteiger partial charge in [0.1, 0.15) is 11.1 Å². The summed E-state index contributed by atoms with van der Waals surface area (Å²) in [6, 6.07) is 5.16. The Kier molecular flexibility index (Phi) is 2.73. The van der Waals surface area contributed by atoms with Crippen molar-refractivity contribution in [1.29, 1.82) is 0 Å². The van der Waals surface area contributed by atoms with Crippen LogP contribution in [-0.2, 0) is 4.74 Å². The number of oxazole rings is 1. The Hall–Kier alpha value is -1.36. The predicted molar refractivity (Wildman–Crippen MR) is 57.7 cm³/mol. The van der Waals surface area contributed by atoms with Crippen LogP contribution in [0, 0.1) is 0 Å². The van der Waals surface area contributed by atoms with E-state index in [-0.39, 0.29) is 0 Å². The minimum absolute atomic E-state index is 0.338. The van der Waals surface area contributed by atoms with Gasteiger partial charge in [0.05, 0.1) is 6.61 Å². The normalized spacial score (nSPS) is 10.5. The maximum absolute atomic E-state index is 11.5. The zero-order chi connectivity index (χ0) is 10.8. The Morgan fingerprint density at radius 3 is 3.13 bits per heavy atom. The van der Waals surface area contributed by atoms with E-state index in [4.69, 9.17) is 9.15 Å². The highest BCUT2D eigenvalue weighted by Gasteiger charge is 2.15. The summed E-state index contributed by atoms with van der Waals surface area (Å²) < 4.78 is 10.2. The number of nitrogens with zero attached hydrogens (tertiary/aromatic N) is 1. The molecule has 1 aromatic carbocycles. The lowest BCUT2D eigenvalue weighted by atomic mass is 10.2. The molecule has 0 aliphatic rings. The number of carbonyl (C=O) groups excluding carboxylic acids is 1. The number of hydrogen-bond acceptors (Lipinski definition) is 4. The topological polar surface area (TPSA) is 52.3 Å². The van der Waals surface area contributed by atoms with Crippen LogP contribution in [0.4, 0.5) is 0 Å². The molecule has 0 aliphatic heterocycles. The molecular formula is C10H8BrNO3. The second-order valence-electron chi connectivity index (χ2n) is 2.84. The third-order valence-corrected chi connectivity index (χ3v) is 2.22. The Morgan fingerprint density at radius 1 is 1.60 bits per heavy atom. The molecule has 0 saturated carbocycles. The summed E-state index contributed by atoms with van der Waals surface area (Å²) in [4.78, 5) is 16.0. The van der Waals surface area contributed by atoms with Gasteiger partial charge in [-0.05, 0) is 19.1 Å². The molecule has 0 bridgehead atoms. The number of ether oxygens (including phenoxy) is 1. The van der Waals surface area contributed by atoms with Crippen molar-refractivity contribution in [2.45, 2.75) is 6.92 Å². The summed E-state index contributed by atoms with van der Waals surface area (Å²) in [6.07, 6.45) is 0. The highest BCUT2D eigenvalue weighted by atomic mass is 79.9. The lowest BCUT2D eigenvalue weighted by Gasteiger charge is -2.00. The second-order valence-corrected chi connectivity index (χ2v) is 3.52. The van der Waals surface area contributed by atoms with E-state index in [0.717, 1.165) is 0 Å². The van der Waals surface area contributed by atoms with Crippen molar-refractivity contribution in [3.8, 4) is 0 Å². The van der Waals surface area contributed by atoms with Crippen molar-refractivity contribution >= 4 is 33.0 Å². The average molecular weight is 270 g/mol. The van der Waals surface area contributed by atoms with Crippen LogP contribution in [0.2, 0.25) is 0 Å². The lowest BCUT2D eigenvalue weighted by Crippen LogP contribution is -2.04. The second kappa shape index (κ2) is 4.02. The zero-order valence-electron chi connectivity index (χ0n) is 7.99. The molecular weight excluding hydrogens is 262 g/mol. The Balaban J connectivity index is 2.55. The first kappa shape index (κ1) is 10.2. The fraction of sp³-hybridized carbons (Fsp3) is 0.200. The van der Waals surface area contributed by atoms with Gasteiger partial charge in [0.15, 0.2) is 5.58 Å². The molecule has 0 fully saturated rings. The molecule has 0 atom stereocenters.